The van der Waals surface area contributed by atoms with Crippen molar-refractivity contribution in [1.82, 2.24) is 20.1 Å². The smallest absolute Gasteiger partial charge is 0.252 e. The number of nitrogens with zero attached hydrogens (tertiary/aromatic N) is 3. The molecule has 1 saturated heterocycles. The van der Waals surface area contributed by atoms with Gasteiger partial charge in [-0.1, -0.05) is 0 Å². The van der Waals surface area contributed by atoms with Crippen LogP contribution in [0.2, 0.25) is 0 Å². The average molecular weight is 285 g/mol. The minimum atomic E-state index is -0.619. The van der Waals surface area contributed by atoms with Crippen molar-refractivity contribution in [2.45, 2.75) is 25.3 Å². The molecule has 0 unspecified atom stereocenters. The number of piperidine rings is 1. The Morgan fingerprint density at radius 2 is 2.19 bits per heavy atom. The van der Waals surface area contributed by atoms with Crippen LogP contribution in [0.15, 0.2) is 36.8 Å². The Bertz CT molecular complexity index is 617. The van der Waals surface area contributed by atoms with Gasteiger partial charge in [0.05, 0.1) is 0 Å². The van der Waals surface area contributed by atoms with Crippen LogP contribution < -0.4 is 10.6 Å². The van der Waals surface area contributed by atoms with Crippen LogP contribution in [0.3, 0.4) is 0 Å². The lowest BCUT2D eigenvalue weighted by Crippen LogP contribution is -2.52. The first-order valence-electron chi connectivity index (χ1n) is 7.16. The average Bonchev–Trinajstić information content (AvgIpc) is 3.02. The summed E-state index contributed by atoms with van der Waals surface area (Å²) in [5.74, 6) is -0.0155. The second-order valence-corrected chi connectivity index (χ2v) is 5.37. The number of pyridine rings is 1. The highest BCUT2D eigenvalue weighted by molar-refractivity contribution is 5.96. The molecule has 0 aromatic carbocycles. The third-order valence-corrected chi connectivity index (χ3v) is 3.95. The molecule has 0 aliphatic carbocycles. The number of anilines is 1. The molecule has 2 N–H and O–H groups in total. The van der Waals surface area contributed by atoms with E-state index >= 15 is 0 Å². The molecule has 1 aliphatic heterocycles. The second kappa shape index (κ2) is 5.65. The largest absolute Gasteiger partial charge is 0.324 e. The fourth-order valence-corrected chi connectivity index (χ4v) is 2.79. The number of carbonyl (C=O) groups is 1. The van der Waals surface area contributed by atoms with Crippen molar-refractivity contribution < 1.29 is 4.79 Å². The predicted molar refractivity (Wildman–Crippen MR) is 79.9 cm³/mol. The Balaban J connectivity index is 1.88. The van der Waals surface area contributed by atoms with Crippen LogP contribution in [0.25, 0.3) is 0 Å². The van der Waals surface area contributed by atoms with Crippen molar-refractivity contribution in [3.8, 4) is 0 Å². The van der Waals surface area contributed by atoms with Crippen molar-refractivity contribution in [3.05, 3.63) is 42.5 Å². The highest BCUT2D eigenvalue weighted by Crippen LogP contribution is 2.28. The lowest BCUT2D eigenvalue weighted by molar-refractivity contribution is -0.126. The Kier molecular flexibility index (Phi) is 3.70. The van der Waals surface area contributed by atoms with Gasteiger partial charge in [-0.05, 0) is 51.1 Å². The maximum atomic E-state index is 12.9. The van der Waals surface area contributed by atoms with Crippen LogP contribution in [0.5, 0.6) is 0 Å². The van der Waals surface area contributed by atoms with Gasteiger partial charge in [-0.15, -0.1) is 0 Å². The second-order valence-electron chi connectivity index (χ2n) is 5.37. The summed E-state index contributed by atoms with van der Waals surface area (Å²) >= 11 is 0. The first kappa shape index (κ1) is 13.8. The minimum Gasteiger partial charge on any atom is -0.324 e. The van der Waals surface area contributed by atoms with Crippen LogP contribution in [0, 0.1) is 6.92 Å². The molecule has 110 valence electrons. The summed E-state index contributed by atoms with van der Waals surface area (Å²) in [5.41, 5.74) is 1.04. The summed E-state index contributed by atoms with van der Waals surface area (Å²) in [7, 11) is 0. The van der Waals surface area contributed by atoms with Crippen LogP contribution in [-0.4, -0.2) is 33.8 Å². The zero-order chi connectivity index (χ0) is 14.7. The molecule has 1 fully saturated rings. The number of hydrogen-bond acceptors (Lipinski definition) is 4. The third kappa shape index (κ3) is 2.67. The molecule has 0 bridgehead atoms. The topological polar surface area (TPSA) is 71.8 Å². The molecule has 21 heavy (non-hydrogen) atoms. The molecular weight excluding hydrogens is 266 g/mol. The molecule has 0 radical (unpaired) electrons. The Morgan fingerprint density at radius 1 is 1.38 bits per heavy atom. The van der Waals surface area contributed by atoms with Gasteiger partial charge in [-0.2, -0.15) is 5.10 Å². The van der Waals surface area contributed by atoms with E-state index in [-0.39, 0.29) is 5.91 Å². The number of amides is 1. The van der Waals surface area contributed by atoms with Gasteiger partial charge in [0.15, 0.2) is 0 Å². The zero-order valence-electron chi connectivity index (χ0n) is 12.0. The van der Waals surface area contributed by atoms with Gasteiger partial charge in [0.1, 0.15) is 5.54 Å². The van der Waals surface area contributed by atoms with Crippen molar-refractivity contribution in [2.24, 2.45) is 0 Å². The highest BCUT2D eigenvalue weighted by Gasteiger charge is 2.41. The predicted octanol–water partition coefficient (Wildman–Crippen LogP) is 1.30. The number of aromatic nitrogens is 3. The number of nitrogens with one attached hydrogen (secondary N) is 2. The molecule has 0 spiro atoms. The quantitative estimate of drug-likeness (QED) is 0.892. The van der Waals surface area contributed by atoms with E-state index in [0.717, 1.165) is 37.3 Å². The molecule has 1 amide bonds. The number of carbonyl (C=O) groups excluding carboxylic acids is 1. The van der Waals surface area contributed by atoms with Gasteiger partial charge in [0.25, 0.3) is 5.91 Å². The summed E-state index contributed by atoms with van der Waals surface area (Å²) in [5, 5.41) is 10.6. The van der Waals surface area contributed by atoms with E-state index in [0.29, 0.717) is 0 Å². The fourth-order valence-electron chi connectivity index (χ4n) is 2.79. The van der Waals surface area contributed by atoms with Gasteiger partial charge >= 0.3 is 0 Å². The summed E-state index contributed by atoms with van der Waals surface area (Å²) < 4.78 is 1.79. The molecule has 6 heteroatoms. The van der Waals surface area contributed by atoms with E-state index in [1.807, 2.05) is 31.3 Å². The van der Waals surface area contributed by atoms with E-state index in [4.69, 9.17) is 0 Å². The van der Waals surface area contributed by atoms with E-state index in [1.54, 1.807) is 17.1 Å². The summed E-state index contributed by atoms with van der Waals surface area (Å²) in [4.78, 5) is 17.0. The number of aryl methyl sites for hydroxylation is 1. The summed E-state index contributed by atoms with van der Waals surface area (Å²) in [6, 6.07) is 5.53. The lowest BCUT2D eigenvalue weighted by Gasteiger charge is -2.36. The van der Waals surface area contributed by atoms with Crippen molar-refractivity contribution in [3.63, 3.8) is 0 Å². The molecule has 2 aromatic rings. The van der Waals surface area contributed by atoms with Crippen molar-refractivity contribution >= 4 is 11.6 Å². The highest BCUT2D eigenvalue weighted by atomic mass is 16.2. The Labute approximate surface area is 123 Å². The van der Waals surface area contributed by atoms with E-state index in [2.05, 4.69) is 20.7 Å². The first-order chi connectivity index (χ1) is 10.2. The molecule has 2 aromatic heterocycles. The number of hydrogen-bond donors (Lipinski definition) is 2. The number of rotatable bonds is 3. The molecule has 3 heterocycles. The molecular formula is C15H19N5O. The van der Waals surface area contributed by atoms with Gasteiger partial charge in [-0.3, -0.25) is 14.5 Å². The maximum Gasteiger partial charge on any atom is 0.252 e. The van der Waals surface area contributed by atoms with Crippen molar-refractivity contribution in [2.75, 3.05) is 18.4 Å². The van der Waals surface area contributed by atoms with E-state index in [1.165, 1.54) is 0 Å². The Hall–Kier alpha value is -2.21. The molecule has 0 atom stereocenters. The Morgan fingerprint density at radius 3 is 2.86 bits per heavy atom. The van der Waals surface area contributed by atoms with Crippen LogP contribution in [0.1, 0.15) is 18.5 Å². The zero-order valence-corrected chi connectivity index (χ0v) is 12.0. The van der Waals surface area contributed by atoms with E-state index in [9.17, 15) is 4.79 Å². The lowest BCUT2D eigenvalue weighted by atomic mass is 9.87. The normalized spacial score (nSPS) is 17.4. The third-order valence-electron chi connectivity index (χ3n) is 3.95. The van der Waals surface area contributed by atoms with E-state index < -0.39 is 5.54 Å². The monoisotopic (exact) mass is 285 g/mol. The van der Waals surface area contributed by atoms with Gasteiger partial charge < -0.3 is 10.6 Å². The minimum absolute atomic E-state index is 0.0155. The van der Waals surface area contributed by atoms with Crippen LogP contribution in [0.4, 0.5) is 5.69 Å². The SMILES string of the molecule is Cc1cc(NC(=O)C2(n3cccn3)CCNCC2)ccn1. The van der Waals surface area contributed by atoms with Gasteiger partial charge in [-0.25, -0.2) is 0 Å². The maximum absolute atomic E-state index is 12.9. The van der Waals surface area contributed by atoms with Crippen molar-refractivity contribution in [1.29, 1.82) is 0 Å². The van der Waals surface area contributed by atoms with Gasteiger partial charge in [0.2, 0.25) is 0 Å². The standard InChI is InChI=1S/C15H19N5O/c1-12-11-13(3-7-17-12)19-14(21)15(4-8-16-9-5-15)20-10-2-6-18-20/h2-3,6-7,10-11,16H,4-5,8-9H2,1H3,(H,17,19,21). The summed E-state index contributed by atoms with van der Waals surface area (Å²) in [6.07, 6.45) is 6.74. The first-order valence-corrected chi connectivity index (χ1v) is 7.16. The van der Waals surface area contributed by atoms with Gasteiger partial charge in [0, 0.05) is 30.0 Å². The van der Waals surface area contributed by atoms with Crippen LogP contribution in [-0.2, 0) is 10.3 Å². The molecule has 3 rings (SSSR count). The van der Waals surface area contributed by atoms with Crippen LogP contribution >= 0.6 is 0 Å². The molecule has 1 aliphatic rings. The molecule has 6 nitrogen and oxygen atoms in total. The molecule has 0 saturated carbocycles. The summed E-state index contributed by atoms with van der Waals surface area (Å²) in [6.45, 7) is 3.52. The fraction of sp³-hybridized carbons (Fsp3) is 0.400.